The van der Waals surface area contributed by atoms with Gasteiger partial charge in [-0.2, -0.15) is 0 Å². The lowest BCUT2D eigenvalue weighted by atomic mass is 10.2. The Morgan fingerprint density at radius 1 is 1.50 bits per heavy atom. The summed E-state index contributed by atoms with van der Waals surface area (Å²) in [5, 5.41) is 0. The van der Waals surface area contributed by atoms with Gasteiger partial charge in [-0.05, 0) is 24.5 Å². The number of pyridine rings is 1. The van der Waals surface area contributed by atoms with Crippen molar-refractivity contribution >= 4 is 0 Å². The number of hydrogen-bond acceptors (Lipinski definition) is 1. The third kappa shape index (κ3) is 0.919. The molecular weight excluding hydrogens is 122 g/mol. The van der Waals surface area contributed by atoms with Gasteiger partial charge < -0.3 is 0 Å². The zero-order chi connectivity index (χ0) is 6.97. The monoisotopic (exact) mass is 133 g/mol. The molecule has 10 heavy (non-hydrogen) atoms. The van der Waals surface area contributed by atoms with Gasteiger partial charge in [0, 0.05) is 17.8 Å². The summed E-state index contributed by atoms with van der Waals surface area (Å²) >= 11 is 0. The molecule has 1 fully saturated rings. The van der Waals surface area contributed by atoms with Crippen molar-refractivity contribution in [3.8, 4) is 0 Å². The highest BCUT2D eigenvalue weighted by Gasteiger charge is 2.34. The lowest BCUT2D eigenvalue weighted by Crippen LogP contribution is -1.83. The smallest absolute Gasteiger partial charge is 0.0437 e. The van der Waals surface area contributed by atoms with E-state index in [1.807, 2.05) is 12.3 Å². The molecular formula is C9H11N. The standard InChI is InChI=1S/C9H11N/c1-7-6-8(7)9-4-2-3-5-10-9/h2-5,7-8H,6H2,1H3. The topological polar surface area (TPSA) is 12.9 Å². The summed E-state index contributed by atoms with van der Waals surface area (Å²) in [6.07, 6.45) is 3.21. The minimum absolute atomic E-state index is 0.765. The van der Waals surface area contributed by atoms with Crippen LogP contribution in [0.5, 0.6) is 0 Å². The first-order chi connectivity index (χ1) is 4.88. The Hall–Kier alpha value is -0.850. The molecule has 0 aliphatic heterocycles. The summed E-state index contributed by atoms with van der Waals surface area (Å²) < 4.78 is 0. The van der Waals surface area contributed by atoms with E-state index in [2.05, 4.69) is 24.0 Å². The molecule has 0 N–H and O–H groups in total. The fourth-order valence-electron chi connectivity index (χ4n) is 1.33. The first kappa shape index (κ1) is 5.90. The summed E-state index contributed by atoms with van der Waals surface area (Å²) in [5.74, 6) is 1.64. The Labute approximate surface area is 61.1 Å². The van der Waals surface area contributed by atoms with Gasteiger partial charge in [-0.3, -0.25) is 4.98 Å². The predicted octanol–water partition coefficient (Wildman–Crippen LogP) is 2.21. The molecule has 0 spiro atoms. The first-order valence-corrected chi connectivity index (χ1v) is 3.79. The maximum Gasteiger partial charge on any atom is 0.0437 e. The van der Waals surface area contributed by atoms with Gasteiger partial charge in [0.15, 0.2) is 0 Å². The second-order valence-electron chi connectivity index (χ2n) is 3.07. The quantitative estimate of drug-likeness (QED) is 0.572. The minimum Gasteiger partial charge on any atom is -0.261 e. The van der Waals surface area contributed by atoms with Crippen LogP contribution in [0.1, 0.15) is 25.0 Å². The summed E-state index contributed by atoms with van der Waals surface area (Å²) in [6, 6.07) is 6.15. The summed E-state index contributed by atoms with van der Waals surface area (Å²) in [4.78, 5) is 4.29. The molecule has 2 unspecified atom stereocenters. The normalized spacial score (nSPS) is 30.1. The lowest BCUT2D eigenvalue weighted by molar-refractivity contribution is 0.885. The van der Waals surface area contributed by atoms with Gasteiger partial charge in [0.2, 0.25) is 0 Å². The Bertz CT molecular complexity index is 217. The predicted molar refractivity (Wildman–Crippen MR) is 40.8 cm³/mol. The summed E-state index contributed by atoms with van der Waals surface area (Å²) in [5.41, 5.74) is 1.27. The van der Waals surface area contributed by atoms with Crippen LogP contribution in [-0.2, 0) is 0 Å². The van der Waals surface area contributed by atoms with Gasteiger partial charge in [0.1, 0.15) is 0 Å². The van der Waals surface area contributed by atoms with E-state index >= 15 is 0 Å². The second-order valence-corrected chi connectivity index (χ2v) is 3.07. The zero-order valence-electron chi connectivity index (χ0n) is 6.12. The van der Waals surface area contributed by atoms with E-state index in [0.717, 1.165) is 11.8 Å². The van der Waals surface area contributed by atoms with Crippen LogP contribution in [0.4, 0.5) is 0 Å². The fourth-order valence-corrected chi connectivity index (χ4v) is 1.33. The van der Waals surface area contributed by atoms with E-state index in [9.17, 15) is 0 Å². The Kier molecular flexibility index (Phi) is 1.23. The zero-order valence-corrected chi connectivity index (χ0v) is 6.12. The van der Waals surface area contributed by atoms with Gasteiger partial charge >= 0.3 is 0 Å². The van der Waals surface area contributed by atoms with Crippen LogP contribution in [-0.4, -0.2) is 4.98 Å². The average molecular weight is 133 g/mol. The van der Waals surface area contributed by atoms with Gasteiger partial charge in [0.05, 0.1) is 0 Å². The molecule has 1 nitrogen and oxygen atoms in total. The van der Waals surface area contributed by atoms with Crippen molar-refractivity contribution in [1.29, 1.82) is 0 Å². The van der Waals surface area contributed by atoms with Crippen LogP contribution in [0.2, 0.25) is 0 Å². The minimum atomic E-state index is 0.765. The molecule has 1 heteroatoms. The van der Waals surface area contributed by atoms with Crippen LogP contribution in [0, 0.1) is 5.92 Å². The molecule has 2 atom stereocenters. The van der Waals surface area contributed by atoms with Gasteiger partial charge in [-0.15, -0.1) is 0 Å². The molecule has 1 heterocycles. The molecule has 0 amide bonds. The van der Waals surface area contributed by atoms with Crippen LogP contribution in [0.15, 0.2) is 24.4 Å². The maximum absolute atomic E-state index is 4.29. The maximum atomic E-state index is 4.29. The number of hydrogen-bond donors (Lipinski definition) is 0. The van der Waals surface area contributed by atoms with E-state index in [-0.39, 0.29) is 0 Å². The number of nitrogens with zero attached hydrogens (tertiary/aromatic N) is 1. The lowest BCUT2D eigenvalue weighted by Gasteiger charge is -1.93. The molecule has 1 aromatic heterocycles. The second kappa shape index (κ2) is 2.08. The highest BCUT2D eigenvalue weighted by molar-refractivity contribution is 5.16. The fraction of sp³-hybridized carbons (Fsp3) is 0.444. The van der Waals surface area contributed by atoms with Crippen LogP contribution in [0.3, 0.4) is 0 Å². The highest BCUT2D eigenvalue weighted by Crippen LogP contribution is 2.45. The average Bonchev–Trinajstić information content (AvgIpc) is 2.69. The van der Waals surface area contributed by atoms with Crippen LogP contribution in [0.25, 0.3) is 0 Å². The molecule has 2 rings (SSSR count). The molecule has 52 valence electrons. The summed E-state index contributed by atoms with van der Waals surface area (Å²) in [7, 11) is 0. The van der Waals surface area contributed by atoms with Gasteiger partial charge in [-0.1, -0.05) is 13.0 Å². The SMILES string of the molecule is CC1CC1c1ccccn1. The molecule has 1 aliphatic carbocycles. The van der Waals surface area contributed by atoms with Crippen molar-refractivity contribution in [1.82, 2.24) is 4.98 Å². The van der Waals surface area contributed by atoms with Crippen molar-refractivity contribution in [2.45, 2.75) is 19.3 Å². The van der Waals surface area contributed by atoms with Crippen molar-refractivity contribution in [3.63, 3.8) is 0 Å². The third-order valence-corrected chi connectivity index (χ3v) is 2.18. The van der Waals surface area contributed by atoms with Gasteiger partial charge in [0.25, 0.3) is 0 Å². The molecule has 1 aromatic rings. The van der Waals surface area contributed by atoms with E-state index in [4.69, 9.17) is 0 Å². The number of rotatable bonds is 1. The van der Waals surface area contributed by atoms with Crippen LogP contribution < -0.4 is 0 Å². The van der Waals surface area contributed by atoms with E-state index in [1.54, 1.807) is 0 Å². The Morgan fingerprint density at radius 3 is 2.80 bits per heavy atom. The van der Waals surface area contributed by atoms with Gasteiger partial charge in [-0.25, -0.2) is 0 Å². The molecule has 0 radical (unpaired) electrons. The van der Waals surface area contributed by atoms with Crippen molar-refractivity contribution in [2.75, 3.05) is 0 Å². The van der Waals surface area contributed by atoms with Crippen molar-refractivity contribution in [3.05, 3.63) is 30.1 Å². The Morgan fingerprint density at radius 2 is 2.30 bits per heavy atom. The molecule has 0 bridgehead atoms. The van der Waals surface area contributed by atoms with E-state index < -0.39 is 0 Å². The molecule has 0 aromatic carbocycles. The molecule has 1 aliphatic rings. The molecule has 1 saturated carbocycles. The third-order valence-electron chi connectivity index (χ3n) is 2.18. The number of aromatic nitrogens is 1. The van der Waals surface area contributed by atoms with Crippen LogP contribution >= 0.6 is 0 Å². The molecule has 0 saturated heterocycles. The first-order valence-electron chi connectivity index (χ1n) is 3.79. The van der Waals surface area contributed by atoms with Crippen molar-refractivity contribution < 1.29 is 0 Å². The van der Waals surface area contributed by atoms with E-state index in [0.29, 0.717) is 0 Å². The van der Waals surface area contributed by atoms with Crippen molar-refractivity contribution in [2.24, 2.45) is 5.92 Å². The highest BCUT2D eigenvalue weighted by atomic mass is 14.7. The van der Waals surface area contributed by atoms with E-state index in [1.165, 1.54) is 12.1 Å². The Balaban J connectivity index is 2.20. The summed E-state index contributed by atoms with van der Waals surface area (Å²) in [6.45, 7) is 2.28. The largest absolute Gasteiger partial charge is 0.261 e.